The Hall–Kier alpha value is -2.28. The molecule has 25 heavy (non-hydrogen) atoms. The van der Waals surface area contributed by atoms with Gasteiger partial charge in [0.2, 0.25) is 0 Å². The number of hydrogen-bond donors (Lipinski definition) is 0. The minimum atomic E-state index is -0.656. The number of fused-ring (bicyclic) bond motifs is 1. The Labute approximate surface area is 150 Å². The molecule has 7 heteroatoms. The normalized spacial score (nSPS) is 15.6. The number of carbonyl (C=O) groups is 2. The third-order valence-corrected chi connectivity index (χ3v) is 5.02. The SMILES string of the molecule is CC(C)(C)C(=O)C(=NOC(=O)N1CCCC1)c1nc2ccccc2s1. The molecule has 0 bridgehead atoms. The molecule has 2 heterocycles. The van der Waals surface area contributed by atoms with E-state index in [9.17, 15) is 9.59 Å². The topological polar surface area (TPSA) is 71.9 Å². The number of para-hydroxylation sites is 1. The predicted octanol–water partition coefficient (Wildman–Crippen LogP) is 3.85. The van der Waals surface area contributed by atoms with Crippen molar-refractivity contribution in [2.24, 2.45) is 10.6 Å². The second-order valence-electron chi connectivity index (χ2n) is 7.06. The van der Waals surface area contributed by atoms with E-state index in [0.717, 1.165) is 23.1 Å². The highest BCUT2D eigenvalue weighted by molar-refractivity contribution is 7.21. The van der Waals surface area contributed by atoms with Crippen LogP contribution in [-0.2, 0) is 9.63 Å². The van der Waals surface area contributed by atoms with E-state index < -0.39 is 11.5 Å². The van der Waals surface area contributed by atoms with E-state index in [2.05, 4.69) is 10.1 Å². The van der Waals surface area contributed by atoms with Crippen molar-refractivity contribution in [3.63, 3.8) is 0 Å². The van der Waals surface area contributed by atoms with E-state index in [0.29, 0.717) is 18.1 Å². The van der Waals surface area contributed by atoms with E-state index in [1.165, 1.54) is 11.3 Å². The largest absolute Gasteiger partial charge is 0.435 e. The summed E-state index contributed by atoms with van der Waals surface area (Å²) < 4.78 is 0.956. The number of nitrogens with zero attached hydrogens (tertiary/aromatic N) is 3. The number of hydrogen-bond acceptors (Lipinski definition) is 6. The molecule has 0 aliphatic carbocycles. The van der Waals surface area contributed by atoms with Crippen LogP contribution in [-0.4, -0.2) is 40.6 Å². The molecular formula is C18H21N3O3S. The summed E-state index contributed by atoms with van der Waals surface area (Å²) in [5.74, 6) is -0.208. The molecule has 6 nitrogen and oxygen atoms in total. The molecule has 132 valence electrons. The number of likely N-dealkylation sites (tertiary alicyclic amines) is 1. The van der Waals surface area contributed by atoms with Crippen LogP contribution in [0.2, 0.25) is 0 Å². The van der Waals surface area contributed by atoms with Crippen molar-refractivity contribution in [3.05, 3.63) is 29.3 Å². The van der Waals surface area contributed by atoms with Crippen LogP contribution in [0.15, 0.2) is 29.4 Å². The minimum Gasteiger partial charge on any atom is -0.306 e. The number of amides is 1. The van der Waals surface area contributed by atoms with Gasteiger partial charge in [0.25, 0.3) is 0 Å². The summed E-state index contributed by atoms with van der Waals surface area (Å²) in [5, 5.41) is 4.39. The molecule has 0 N–H and O–H groups in total. The fourth-order valence-corrected chi connectivity index (χ4v) is 3.49. The first-order valence-corrected chi connectivity index (χ1v) is 9.12. The van der Waals surface area contributed by atoms with E-state index >= 15 is 0 Å². The van der Waals surface area contributed by atoms with Crippen molar-refractivity contribution in [1.29, 1.82) is 0 Å². The Morgan fingerprint density at radius 2 is 1.88 bits per heavy atom. The lowest BCUT2D eigenvalue weighted by molar-refractivity contribution is -0.119. The Bertz CT molecular complexity index is 796. The van der Waals surface area contributed by atoms with Crippen molar-refractivity contribution in [2.45, 2.75) is 33.6 Å². The maximum absolute atomic E-state index is 12.8. The van der Waals surface area contributed by atoms with Gasteiger partial charge in [0.15, 0.2) is 11.5 Å². The third kappa shape index (κ3) is 3.87. The van der Waals surface area contributed by atoms with Gasteiger partial charge >= 0.3 is 6.09 Å². The van der Waals surface area contributed by atoms with Crippen molar-refractivity contribution in [1.82, 2.24) is 9.88 Å². The average Bonchev–Trinajstić information content (AvgIpc) is 3.23. The maximum Gasteiger partial charge on any atom is 0.435 e. The van der Waals surface area contributed by atoms with Gasteiger partial charge in [-0.25, -0.2) is 9.78 Å². The van der Waals surface area contributed by atoms with E-state index in [-0.39, 0.29) is 11.5 Å². The molecule has 3 rings (SSSR count). The van der Waals surface area contributed by atoms with Crippen LogP contribution in [0.25, 0.3) is 10.2 Å². The van der Waals surface area contributed by atoms with Crippen LogP contribution < -0.4 is 0 Å². The number of rotatable bonds is 3. The molecule has 0 spiro atoms. The highest BCUT2D eigenvalue weighted by Gasteiger charge is 2.31. The van der Waals surface area contributed by atoms with Gasteiger partial charge in [-0.1, -0.05) is 38.1 Å². The molecular weight excluding hydrogens is 338 g/mol. The Kier molecular flexibility index (Phi) is 4.85. The summed E-state index contributed by atoms with van der Waals surface area (Å²) in [4.78, 5) is 36.1. The zero-order chi connectivity index (χ0) is 18.0. The van der Waals surface area contributed by atoms with Gasteiger partial charge in [-0.3, -0.25) is 9.63 Å². The molecule has 2 aromatic rings. The summed E-state index contributed by atoms with van der Waals surface area (Å²) in [7, 11) is 0. The van der Waals surface area contributed by atoms with Crippen LogP contribution in [0.1, 0.15) is 38.6 Å². The number of oxime groups is 1. The first-order chi connectivity index (χ1) is 11.9. The van der Waals surface area contributed by atoms with Crippen LogP contribution in [0.3, 0.4) is 0 Å². The molecule has 0 unspecified atom stereocenters. The smallest absolute Gasteiger partial charge is 0.306 e. The maximum atomic E-state index is 12.8. The van der Waals surface area contributed by atoms with Gasteiger partial charge in [0.1, 0.15) is 5.01 Å². The lowest BCUT2D eigenvalue weighted by Gasteiger charge is -2.17. The number of aromatic nitrogens is 1. The number of thiazole rings is 1. The van der Waals surface area contributed by atoms with Crippen molar-refractivity contribution in [3.8, 4) is 0 Å². The van der Waals surface area contributed by atoms with Gasteiger partial charge < -0.3 is 4.90 Å². The first-order valence-electron chi connectivity index (χ1n) is 8.31. The summed E-state index contributed by atoms with van der Waals surface area (Å²) in [6.45, 7) is 6.75. The van der Waals surface area contributed by atoms with E-state index in [4.69, 9.17) is 4.84 Å². The standard InChI is InChI=1S/C18H21N3O3S/c1-18(2,3)15(22)14(20-24-17(23)21-10-6-7-11-21)16-19-12-8-4-5-9-13(12)25-16/h4-5,8-9H,6-7,10-11H2,1-3H3. The second kappa shape index (κ2) is 6.92. The zero-order valence-electron chi connectivity index (χ0n) is 14.6. The van der Waals surface area contributed by atoms with Crippen LogP contribution in [0.4, 0.5) is 4.79 Å². The van der Waals surface area contributed by atoms with Gasteiger partial charge in [0, 0.05) is 18.5 Å². The average molecular weight is 359 g/mol. The summed E-state index contributed by atoms with van der Waals surface area (Å²) in [6, 6.07) is 7.62. The molecule has 0 saturated carbocycles. The van der Waals surface area contributed by atoms with Crippen molar-refractivity contribution < 1.29 is 14.4 Å². The van der Waals surface area contributed by atoms with E-state index in [1.807, 2.05) is 24.3 Å². The van der Waals surface area contributed by atoms with Crippen LogP contribution >= 0.6 is 11.3 Å². The summed E-state index contributed by atoms with van der Waals surface area (Å²) >= 11 is 1.37. The highest BCUT2D eigenvalue weighted by Crippen LogP contribution is 2.26. The molecule has 1 aliphatic heterocycles. The molecule has 1 fully saturated rings. The Morgan fingerprint density at radius 3 is 2.52 bits per heavy atom. The van der Waals surface area contributed by atoms with Crippen LogP contribution in [0.5, 0.6) is 0 Å². The van der Waals surface area contributed by atoms with Gasteiger partial charge in [-0.2, -0.15) is 0 Å². The summed E-state index contributed by atoms with van der Waals surface area (Å²) in [6.07, 6.45) is 1.41. The van der Waals surface area contributed by atoms with Crippen LogP contribution in [0, 0.1) is 5.41 Å². The Balaban J connectivity index is 1.93. The quantitative estimate of drug-likeness (QED) is 0.474. The lowest BCUT2D eigenvalue weighted by Crippen LogP contribution is -2.31. The van der Waals surface area contributed by atoms with Gasteiger partial charge in [-0.05, 0) is 25.0 Å². The lowest BCUT2D eigenvalue weighted by atomic mass is 9.88. The van der Waals surface area contributed by atoms with Crippen molar-refractivity contribution in [2.75, 3.05) is 13.1 Å². The minimum absolute atomic E-state index is 0.0984. The van der Waals surface area contributed by atoms with Gasteiger partial charge in [0.05, 0.1) is 10.2 Å². The molecule has 1 aromatic heterocycles. The van der Waals surface area contributed by atoms with Gasteiger partial charge in [-0.15, -0.1) is 11.3 Å². The molecule has 0 atom stereocenters. The number of Topliss-reactive ketones (excluding diaryl/α,β-unsaturated/α-hetero) is 1. The molecule has 0 radical (unpaired) electrons. The number of carbonyl (C=O) groups excluding carboxylic acids is 2. The molecule has 1 aliphatic rings. The summed E-state index contributed by atoms with van der Waals surface area (Å²) in [5.41, 5.74) is 0.237. The Morgan fingerprint density at radius 1 is 1.20 bits per heavy atom. The fourth-order valence-electron chi connectivity index (χ4n) is 2.55. The molecule has 1 aromatic carbocycles. The fraction of sp³-hybridized carbons (Fsp3) is 0.444. The second-order valence-corrected chi connectivity index (χ2v) is 8.09. The molecule has 1 amide bonds. The zero-order valence-corrected chi connectivity index (χ0v) is 15.4. The third-order valence-electron chi connectivity index (χ3n) is 3.97. The highest BCUT2D eigenvalue weighted by atomic mass is 32.1. The number of ketones is 1. The van der Waals surface area contributed by atoms with Crippen molar-refractivity contribution >= 4 is 39.1 Å². The monoisotopic (exact) mass is 359 g/mol. The van der Waals surface area contributed by atoms with E-state index in [1.54, 1.807) is 25.7 Å². The first kappa shape index (κ1) is 17.5. The number of benzene rings is 1. The molecule has 1 saturated heterocycles. The predicted molar refractivity (Wildman–Crippen MR) is 97.9 cm³/mol.